The van der Waals surface area contributed by atoms with E-state index in [1.165, 1.54) is 23.2 Å². The number of H-pyrrole nitrogens is 1. The van der Waals surface area contributed by atoms with Crippen molar-refractivity contribution < 1.29 is 14.7 Å². The third-order valence-electron chi connectivity index (χ3n) is 3.38. The lowest BCUT2D eigenvalue weighted by Crippen LogP contribution is -2.50. The van der Waals surface area contributed by atoms with Gasteiger partial charge in [0, 0.05) is 18.8 Å². The van der Waals surface area contributed by atoms with Crippen molar-refractivity contribution in [2.75, 3.05) is 6.54 Å². The second-order valence-electron chi connectivity index (χ2n) is 4.58. The van der Waals surface area contributed by atoms with Crippen LogP contribution in [0.5, 0.6) is 0 Å². The molecule has 18 heavy (non-hydrogen) atoms. The van der Waals surface area contributed by atoms with Crippen LogP contribution in [0.15, 0.2) is 23.1 Å². The molecule has 2 N–H and O–H groups in total. The summed E-state index contributed by atoms with van der Waals surface area (Å²) in [7, 11) is 0. The minimum Gasteiger partial charge on any atom is -0.480 e. The fourth-order valence-electron chi connectivity index (χ4n) is 2.21. The quantitative estimate of drug-likeness (QED) is 0.797. The summed E-state index contributed by atoms with van der Waals surface area (Å²) in [5.74, 6) is -1.37. The van der Waals surface area contributed by atoms with Gasteiger partial charge in [-0.05, 0) is 25.8 Å². The minimum absolute atomic E-state index is 0.295. The van der Waals surface area contributed by atoms with Gasteiger partial charge in [0.05, 0.1) is 5.56 Å². The first-order chi connectivity index (χ1) is 8.45. The summed E-state index contributed by atoms with van der Waals surface area (Å²) in [5.41, 5.74) is -1.16. The SMILES string of the molecule is CC1(C(=O)O)CCCN1C(=O)c1ccc(=O)[nH]c1. The number of carboxylic acids is 1. The van der Waals surface area contributed by atoms with Gasteiger partial charge in [-0.15, -0.1) is 0 Å². The molecule has 1 unspecified atom stereocenters. The standard InChI is InChI=1S/C12H14N2O4/c1-12(11(17)18)5-2-6-14(12)10(16)8-3-4-9(15)13-7-8/h3-4,7H,2,5-6H2,1H3,(H,13,15)(H,17,18). The van der Waals surface area contributed by atoms with Gasteiger partial charge in [-0.25, -0.2) is 4.79 Å². The molecule has 1 aliphatic rings. The zero-order valence-electron chi connectivity index (χ0n) is 9.97. The lowest BCUT2D eigenvalue weighted by molar-refractivity contribution is -0.147. The molecule has 2 heterocycles. The van der Waals surface area contributed by atoms with Gasteiger partial charge in [-0.1, -0.05) is 0 Å². The summed E-state index contributed by atoms with van der Waals surface area (Å²) in [4.78, 5) is 38.2. The van der Waals surface area contributed by atoms with E-state index in [1.54, 1.807) is 6.92 Å². The van der Waals surface area contributed by atoms with Crippen molar-refractivity contribution in [3.63, 3.8) is 0 Å². The number of nitrogens with zero attached hydrogens (tertiary/aromatic N) is 1. The van der Waals surface area contributed by atoms with Crippen LogP contribution in [0.2, 0.25) is 0 Å². The third kappa shape index (κ3) is 1.90. The molecular formula is C12H14N2O4. The molecule has 2 rings (SSSR count). The van der Waals surface area contributed by atoms with E-state index in [1.807, 2.05) is 0 Å². The number of rotatable bonds is 2. The molecule has 1 aliphatic heterocycles. The monoisotopic (exact) mass is 250 g/mol. The van der Waals surface area contributed by atoms with Crippen LogP contribution in [-0.4, -0.2) is 39.0 Å². The van der Waals surface area contributed by atoms with Gasteiger partial charge in [-0.3, -0.25) is 9.59 Å². The Balaban J connectivity index is 2.31. The summed E-state index contributed by atoms with van der Waals surface area (Å²) < 4.78 is 0. The summed E-state index contributed by atoms with van der Waals surface area (Å²) in [5, 5.41) is 9.23. The van der Waals surface area contributed by atoms with E-state index in [0.29, 0.717) is 24.9 Å². The number of aromatic nitrogens is 1. The normalized spacial score (nSPS) is 23.1. The van der Waals surface area contributed by atoms with Crippen molar-refractivity contribution in [1.82, 2.24) is 9.88 Å². The molecule has 0 bridgehead atoms. The summed E-state index contributed by atoms with van der Waals surface area (Å²) in [6.45, 7) is 1.96. The van der Waals surface area contributed by atoms with Crippen LogP contribution in [-0.2, 0) is 4.79 Å². The highest BCUT2D eigenvalue weighted by molar-refractivity contribution is 5.97. The minimum atomic E-state index is -1.16. The average Bonchev–Trinajstić information content (AvgIpc) is 2.73. The number of pyridine rings is 1. The zero-order valence-corrected chi connectivity index (χ0v) is 9.97. The number of likely N-dealkylation sites (tertiary alicyclic amines) is 1. The Morgan fingerprint density at radius 2 is 2.17 bits per heavy atom. The molecular weight excluding hydrogens is 236 g/mol. The Labute approximate surface area is 103 Å². The maximum absolute atomic E-state index is 12.2. The maximum atomic E-state index is 12.2. The number of carboxylic acid groups (broad SMARTS) is 1. The smallest absolute Gasteiger partial charge is 0.329 e. The number of aromatic amines is 1. The van der Waals surface area contributed by atoms with E-state index in [9.17, 15) is 19.5 Å². The predicted molar refractivity (Wildman–Crippen MR) is 63.4 cm³/mol. The number of carbonyl (C=O) groups is 2. The van der Waals surface area contributed by atoms with Gasteiger partial charge >= 0.3 is 5.97 Å². The topological polar surface area (TPSA) is 90.5 Å². The zero-order chi connectivity index (χ0) is 13.3. The first-order valence-corrected chi connectivity index (χ1v) is 5.69. The van der Waals surface area contributed by atoms with Crippen molar-refractivity contribution in [1.29, 1.82) is 0 Å². The highest BCUT2D eigenvalue weighted by Crippen LogP contribution is 2.30. The fraction of sp³-hybridized carbons (Fsp3) is 0.417. The molecule has 0 saturated carbocycles. The van der Waals surface area contributed by atoms with Crippen molar-refractivity contribution >= 4 is 11.9 Å². The number of carbonyl (C=O) groups excluding carboxylic acids is 1. The Kier molecular flexibility index (Phi) is 2.94. The second-order valence-corrected chi connectivity index (χ2v) is 4.58. The summed E-state index contributed by atoms with van der Waals surface area (Å²) in [6.07, 6.45) is 2.42. The largest absolute Gasteiger partial charge is 0.480 e. The molecule has 1 aromatic heterocycles. The van der Waals surface area contributed by atoms with Gasteiger partial charge in [0.15, 0.2) is 0 Å². The van der Waals surface area contributed by atoms with Gasteiger partial charge in [0.2, 0.25) is 5.56 Å². The Hall–Kier alpha value is -2.11. The number of hydrogen-bond acceptors (Lipinski definition) is 3. The number of hydrogen-bond donors (Lipinski definition) is 2. The van der Waals surface area contributed by atoms with E-state index < -0.39 is 11.5 Å². The molecule has 0 aromatic carbocycles. The van der Waals surface area contributed by atoms with E-state index in [2.05, 4.69) is 4.98 Å². The predicted octanol–water partition coefficient (Wildman–Crippen LogP) is 0.454. The molecule has 6 nitrogen and oxygen atoms in total. The van der Waals surface area contributed by atoms with Crippen LogP contribution in [0.1, 0.15) is 30.1 Å². The van der Waals surface area contributed by atoms with Gasteiger partial charge in [-0.2, -0.15) is 0 Å². The van der Waals surface area contributed by atoms with Crippen LogP contribution < -0.4 is 5.56 Å². The van der Waals surface area contributed by atoms with Crippen LogP contribution >= 0.6 is 0 Å². The maximum Gasteiger partial charge on any atom is 0.329 e. The average molecular weight is 250 g/mol. The highest BCUT2D eigenvalue weighted by Gasteiger charge is 2.46. The van der Waals surface area contributed by atoms with E-state index in [-0.39, 0.29) is 11.5 Å². The van der Waals surface area contributed by atoms with Crippen molar-refractivity contribution in [3.05, 3.63) is 34.2 Å². The van der Waals surface area contributed by atoms with Crippen molar-refractivity contribution in [3.8, 4) is 0 Å². The lowest BCUT2D eigenvalue weighted by atomic mass is 9.99. The third-order valence-corrected chi connectivity index (χ3v) is 3.38. The molecule has 0 aliphatic carbocycles. The molecule has 1 atom stereocenters. The molecule has 1 aromatic rings. The van der Waals surface area contributed by atoms with Crippen molar-refractivity contribution in [2.45, 2.75) is 25.3 Å². The van der Waals surface area contributed by atoms with Crippen LogP contribution in [0, 0.1) is 0 Å². The molecule has 96 valence electrons. The summed E-state index contributed by atoms with van der Waals surface area (Å²) >= 11 is 0. The van der Waals surface area contributed by atoms with E-state index >= 15 is 0 Å². The first-order valence-electron chi connectivity index (χ1n) is 5.69. The second kappa shape index (κ2) is 4.29. The molecule has 1 saturated heterocycles. The molecule has 6 heteroatoms. The Bertz CT molecular complexity index is 531. The van der Waals surface area contributed by atoms with E-state index in [4.69, 9.17) is 0 Å². The molecule has 0 radical (unpaired) electrons. The van der Waals surface area contributed by atoms with Gasteiger partial charge in [0.1, 0.15) is 5.54 Å². The van der Waals surface area contributed by atoms with Gasteiger partial charge < -0.3 is 15.0 Å². The number of amides is 1. The van der Waals surface area contributed by atoms with Gasteiger partial charge in [0.25, 0.3) is 5.91 Å². The number of aliphatic carboxylic acids is 1. The Morgan fingerprint density at radius 1 is 1.44 bits per heavy atom. The molecule has 0 spiro atoms. The number of nitrogens with one attached hydrogen (secondary N) is 1. The Morgan fingerprint density at radius 3 is 2.72 bits per heavy atom. The van der Waals surface area contributed by atoms with Crippen LogP contribution in [0.25, 0.3) is 0 Å². The van der Waals surface area contributed by atoms with Crippen LogP contribution in [0.3, 0.4) is 0 Å². The van der Waals surface area contributed by atoms with Crippen molar-refractivity contribution in [2.24, 2.45) is 0 Å². The first kappa shape index (κ1) is 12.3. The summed E-state index contributed by atoms with van der Waals surface area (Å²) in [6, 6.07) is 2.66. The lowest BCUT2D eigenvalue weighted by Gasteiger charge is -2.31. The highest BCUT2D eigenvalue weighted by atomic mass is 16.4. The fourth-order valence-corrected chi connectivity index (χ4v) is 2.21. The van der Waals surface area contributed by atoms with Crippen LogP contribution in [0.4, 0.5) is 0 Å². The molecule has 1 amide bonds. The molecule has 1 fully saturated rings. The van der Waals surface area contributed by atoms with E-state index in [0.717, 1.165) is 0 Å².